The Bertz CT molecular complexity index is 1480. The summed E-state index contributed by atoms with van der Waals surface area (Å²) < 4.78 is 17.5. The first-order valence-corrected chi connectivity index (χ1v) is 12.9. The summed E-state index contributed by atoms with van der Waals surface area (Å²) in [5.74, 6) is 0.839. The number of fused-ring (bicyclic) bond motifs is 1. The maximum Gasteiger partial charge on any atom is 0.156 e. The minimum absolute atomic E-state index is 0.262. The second kappa shape index (κ2) is 9.44. The number of nitrogens with one attached hydrogen (secondary N) is 1. The lowest BCUT2D eigenvalue weighted by Crippen LogP contribution is -2.33. The number of piperidine rings is 1. The minimum atomic E-state index is -0.262. The highest BCUT2D eigenvalue weighted by Crippen LogP contribution is 2.40. The fourth-order valence-corrected chi connectivity index (χ4v) is 5.75. The molecule has 0 bridgehead atoms. The summed E-state index contributed by atoms with van der Waals surface area (Å²) in [5.41, 5.74) is 5.46. The van der Waals surface area contributed by atoms with E-state index in [0.717, 1.165) is 71.5 Å². The summed E-state index contributed by atoms with van der Waals surface area (Å²) in [5, 5.41) is 16.1. The molecule has 0 atom stereocenters. The highest BCUT2D eigenvalue weighted by atomic mass is 32.1. The Morgan fingerprint density at radius 3 is 2.61 bits per heavy atom. The topological polar surface area (TPSA) is 76.2 Å². The van der Waals surface area contributed by atoms with Crippen LogP contribution in [0.25, 0.3) is 28.2 Å². The second-order valence-electron chi connectivity index (χ2n) is 9.11. The number of nitrogens with zero attached hydrogens (tertiary/aromatic N) is 7. The molecular weight excluding hydrogens is 475 g/mol. The number of benzene rings is 1. The van der Waals surface area contributed by atoms with Crippen LogP contribution in [0.15, 0.2) is 54.2 Å². The first kappa shape index (κ1) is 22.8. The van der Waals surface area contributed by atoms with E-state index < -0.39 is 0 Å². The van der Waals surface area contributed by atoms with Gasteiger partial charge in [0, 0.05) is 37.2 Å². The number of hydrogen-bond acceptors (Lipinski definition) is 7. The predicted molar refractivity (Wildman–Crippen MR) is 139 cm³/mol. The SMILES string of the molecule is CNc1cn2nc(-c3c(-c4ccc(F)cc4)nn(C)c3C3CCN(Cc4nccs4)CC3)ccc2n1. The Balaban J connectivity index is 1.39. The third-order valence-corrected chi connectivity index (χ3v) is 7.62. The Morgan fingerprint density at radius 2 is 1.89 bits per heavy atom. The average Bonchev–Trinajstić information content (AvgIpc) is 3.63. The molecule has 184 valence electrons. The maximum absolute atomic E-state index is 13.7. The third kappa shape index (κ3) is 4.27. The van der Waals surface area contributed by atoms with Gasteiger partial charge in [-0.3, -0.25) is 9.58 Å². The van der Waals surface area contributed by atoms with Gasteiger partial charge >= 0.3 is 0 Å². The van der Waals surface area contributed by atoms with E-state index in [4.69, 9.17) is 10.2 Å². The molecule has 0 unspecified atom stereocenters. The molecule has 0 radical (unpaired) electrons. The molecule has 0 aliphatic carbocycles. The summed E-state index contributed by atoms with van der Waals surface area (Å²) in [7, 11) is 3.85. The van der Waals surface area contributed by atoms with Crippen molar-refractivity contribution in [1.29, 1.82) is 0 Å². The highest BCUT2D eigenvalue weighted by molar-refractivity contribution is 7.09. The van der Waals surface area contributed by atoms with Crippen molar-refractivity contribution < 1.29 is 4.39 Å². The minimum Gasteiger partial charge on any atom is -0.372 e. The monoisotopic (exact) mass is 502 g/mol. The van der Waals surface area contributed by atoms with E-state index in [-0.39, 0.29) is 5.82 Å². The molecule has 1 aliphatic rings. The number of aromatic nitrogens is 6. The Labute approximate surface area is 212 Å². The lowest BCUT2D eigenvalue weighted by atomic mass is 9.88. The van der Waals surface area contributed by atoms with Crippen molar-refractivity contribution in [3.8, 4) is 22.5 Å². The van der Waals surface area contributed by atoms with Crippen molar-refractivity contribution in [2.75, 3.05) is 25.5 Å². The van der Waals surface area contributed by atoms with E-state index in [1.54, 1.807) is 28.0 Å². The number of anilines is 1. The van der Waals surface area contributed by atoms with Gasteiger partial charge in [0.25, 0.3) is 0 Å². The van der Waals surface area contributed by atoms with Gasteiger partial charge in [-0.2, -0.15) is 10.2 Å². The highest BCUT2D eigenvalue weighted by Gasteiger charge is 2.30. The maximum atomic E-state index is 13.7. The van der Waals surface area contributed by atoms with Crippen LogP contribution in [-0.4, -0.2) is 54.4 Å². The molecule has 0 amide bonds. The first-order valence-electron chi connectivity index (χ1n) is 12.1. The fourth-order valence-electron chi connectivity index (χ4n) is 5.09. The van der Waals surface area contributed by atoms with Crippen LogP contribution >= 0.6 is 11.3 Å². The molecular formula is C26H27FN8S. The molecule has 4 aromatic heterocycles. The smallest absolute Gasteiger partial charge is 0.156 e. The quantitative estimate of drug-likeness (QED) is 0.359. The summed E-state index contributed by atoms with van der Waals surface area (Å²) in [6.07, 6.45) is 5.80. The van der Waals surface area contributed by atoms with Gasteiger partial charge in [0.05, 0.1) is 29.7 Å². The van der Waals surface area contributed by atoms with Gasteiger partial charge in [0.2, 0.25) is 0 Å². The number of thiazole rings is 1. The Morgan fingerprint density at radius 1 is 1.08 bits per heavy atom. The first-order chi connectivity index (χ1) is 17.6. The summed E-state index contributed by atoms with van der Waals surface area (Å²) in [6, 6.07) is 10.5. The zero-order valence-electron chi connectivity index (χ0n) is 20.2. The van der Waals surface area contributed by atoms with Crippen LogP contribution in [0.5, 0.6) is 0 Å². The molecule has 8 nitrogen and oxygen atoms in total. The van der Waals surface area contributed by atoms with Crippen LogP contribution in [0.3, 0.4) is 0 Å². The molecule has 36 heavy (non-hydrogen) atoms. The molecule has 1 aliphatic heterocycles. The lowest BCUT2D eigenvalue weighted by molar-refractivity contribution is 0.201. The molecule has 0 saturated carbocycles. The zero-order valence-corrected chi connectivity index (χ0v) is 21.0. The molecule has 0 spiro atoms. The van der Waals surface area contributed by atoms with E-state index in [9.17, 15) is 4.39 Å². The second-order valence-corrected chi connectivity index (χ2v) is 10.1. The number of rotatable bonds is 6. The molecule has 1 fully saturated rings. The van der Waals surface area contributed by atoms with Crippen molar-refractivity contribution in [3.63, 3.8) is 0 Å². The van der Waals surface area contributed by atoms with Crippen LogP contribution in [0.2, 0.25) is 0 Å². The molecule has 1 saturated heterocycles. The predicted octanol–water partition coefficient (Wildman–Crippen LogP) is 4.81. The summed E-state index contributed by atoms with van der Waals surface area (Å²) >= 11 is 1.71. The van der Waals surface area contributed by atoms with Crippen LogP contribution in [0.4, 0.5) is 10.2 Å². The molecule has 1 aromatic carbocycles. The largest absolute Gasteiger partial charge is 0.372 e. The van der Waals surface area contributed by atoms with Crippen LogP contribution in [-0.2, 0) is 13.6 Å². The Kier molecular flexibility index (Phi) is 5.98. The normalized spacial score (nSPS) is 15.1. The molecule has 6 rings (SSSR count). The van der Waals surface area contributed by atoms with Crippen LogP contribution < -0.4 is 5.32 Å². The van der Waals surface area contributed by atoms with Crippen molar-refractivity contribution >= 4 is 22.8 Å². The number of imidazole rings is 1. The van der Waals surface area contributed by atoms with Gasteiger partial charge in [-0.1, -0.05) is 0 Å². The van der Waals surface area contributed by atoms with E-state index in [0.29, 0.717) is 5.92 Å². The zero-order chi connectivity index (χ0) is 24.6. The number of aryl methyl sites for hydroxylation is 1. The standard InChI is InChI=1S/C26H27FN8S/c1-28-21-15-35-22(30-21)8-7-20(31-35)24-25(17-3-5-19(27)6-4-17)32-33(2)26(24)18-9-12-34(13-10-18)16-23-29-11-14-36-23/h3-8,11,14-15,18,28H,9-10,12-13,16H2,1-2H3. The van der Waals surface area contributed by atoms with Gasteiger partial charge in [-0.05, 0) is 62.3 Å². The third-order valence-electron chi connectivity index (χ3n) is 6.86. The summed E-state index contributed by atoms with van der Waals surface area (Å²) in [4.78, 5) is 11.5. The van der Waals surface area contributed by atoms with Gasteiger partial charge in [0.1, 0.15) is 22.3 Å². The van der Waals surface area contributed by atoms with E-state index in [1.165, 1.54) is 17.8 Å². The van der Waals surface area contributed by atoms with Gasteiger partial charge in [-0.25, -0.2) is 18.9 Å². The lowest BCUT2D eigenvalue weighted by Gasteiger charge is -2.32. The van der Waals surface area contributed by atoms with Crippen molar-refractivity contribution in [2.45, 2.75) is 25.3 Å². The number of hydrogen-bond donors (Lipinski definition) is 1. The van der Waals surface area contributed by atoms with Gasteiger partial charge in [0.15, 0.2) is 5.65 Å². The molecule has 5 heterocycles. The molecule has 10 heteroatoms. The van der Waals surface area contributed by atoms with E-state index >= 15 is 0 Å². The average molecular weight is 503 g/mol. The summed E-state index contributed by atoms with van der Waals surface area (Å²) in [6.45, 7) is 2.90. The van der Waals surface area contributed by atoms with Gasteiger partial charge < -0.3 is 5.32 Å². The molecule has 1 N–H and O–H groups in total. The fraction of sp³-hybridized carbons (Fsp3) is 0.308. The van der Waals surface area contributed by atoms with Crippen LogP contribution in [0, 0.1) is 5.82 Å². The van der Waals surface area contributed by atoms with Crippen LogP contribution in [0.1, 0.15) is 29.5 Å². The Hall–Kier alpha value is -3.63. The molecule has 5 aromatic rings. The number of halogens is 1. The van der Waals surface area contributed by atoms with E-state index in [2.05, 4.69) is 20.2 Å². The van der Waals surface area contributed by atoms with Crippen molar-refractivity contribution in [1.82, 2.24) is 34.3 Å². The van der Waals surface area contributed by atoms with Crippen molar-refractivity contribution in [2.24, 2.45) is 7.05 Å². The van der Waals surface area contributed by atoms with Gasteiger partial charge in [-0.15, -0.1) is 11.3 Å². The number of likely N-dealkylation sites (tertiary alicyclic amines) is 1. The van der Waals surface area contributed by atoms with E-state index in [1.807, 2.05) is 48.7 Å². The van der Waals surface area contributed by atoms with Crippen molar-refractivity contribution in [3.05, 3.63) is 70.7 Å².